The van der Waals surface area contributed by atoms with E-state index in [1.807, 2.05) is 0 Å². The van der Waals surface area contributed by atoms with Crippen LogP contribution in [0.4, 0.5) is 17.1 Å². The van der Waals surface area contributed by atoms with Crippen LogP contribution >= 0.6 is 0 Å². The topological polar surface area (TPSA) is 101 Å². The van der Waals surface area contributed by atoms with Gasteiger partial charge in [0.25, 0.3) is 5.69 Å². The third-order valence-corrected chi connectivity index (χ3v) is 2.16. The summed E-state index contributed by atoms with van der Waals surface area (Å²) in [4.78, 5) is 32.2. The average molecular weight is 251 g/mol. The van der Waals surface area contributed by atoms with Crippen molar-refractivity contribution in [3.8, 4) is 0 Å². The van der Waals surface area contributed by atoms with E-state index in [0.29, 0.717) is 11.3 Å². The predicted octanol–water partition coefficient (Wildman–Crippen LogP) is 1.82. The monoisotopic (exact) mass is 251 g/mol. The van der Waals surface area contributed by atoms with E-state index in [0.717, 1.165) is 0 Å². The Hall–Kier alpha value is -2.44. The van der Waals surface area contributed by atoms with Crippen molar-refractivity contribution >= 4 is 28.9 Å². The van der Waals surface area contributed by atoms with Gasteiger partial charge in [0, 0.05) is 19.9 Å². The highest BCUT2D eigenvalue weighted by Gasteiger charge is 2.18. The molecular formula is C11H13N3O4. The Balaban J connectivity index is 3.29. The van der Waals surface area contributed by atoms with E-state index >= 15 is 0 Å². The van der Waals surface area contributed by atoms with E-state index in [-0.39, 0.29) is 17.3 Å². The minimum atomic E-state index is -0.615. The minimum Gasteiger partial charge on any atom is -0.326 e. The number of nitro groups is 1. The van der Waals surface area contributed by atoms with E-state index in [2.05, 4.69) is 10.6 Å². The van der Waals surface area contributed by atoms with E-state index in [1.165, 1.54) is 26.0 Å². The lowest BCUT2D eigenvalue weighted by molar-refractivity contribution is -0.383. The number of hydrogen-bond acceptors (Lipinski definition) is 4. The van der Waals surface area contributed by atoms with Crippen molar-refractivity contribution < 1.29 is 14.5 Å². The summed E-state index contributed by atoms with van der Waals surface area (Å²) in [6.45, 7) is 4.26. The maximum absolute atomic E-state index is 11.0. The molecule has 0 atom stereocenters. The molecule has 2 N–H and O–H groups in total. The van der Waals surface area contributed by atoms with Crippen molar-refractivity contribution in [1.82, 2.24) is 0 Å². The predicted molar refractivity (Wildman–Crippen MR) is 66.4 cm³/mol. The van der Waals surface area contributed by atoms with Gasteiger partial charge in [0.05, 0.1) is 10.6 Å². The Morgan fingerprint density at radius 3 is 2.06 bits per heavy atom. The van der Waals surface area contributed by atoms with Crippen LogP contribution < -0.4 is 10.6 Å². The van der Waals surface area contributed by atoms with Crippen molar-refractivity contribution in [2.24, 2.45) is 0 Å². The summed E-state index contributed by atoms with van der Waals surface area (Å²) in [6, 6.07) is 2.67. The summed E-state index contributed by atoms with van der Waals surface area (Å²) in [5.74, 6) is -0.718. The number of nitrogens with zero attached hydrogens (tertiary/aromatic N) is 1. The van der Waals surface area contributed by atoms with Gasteiger partial charge in [-0.15, -0.1) is 0 Å². The third kappa shape index (κ3) is 3.27. The number of rotatable bonds is 3. The second-order valence-corrected chi connectivity index (χ2v) is 3.80. The Labute approximate surface area is 103 Å². The van der Waals surface area contributed by atoms with Crippen LogP contribution in [0.1, 0.15) is 19.4 Å². The summed E-state index contributed by atoms with van der Waals surface area (Å²) in [6.07, 6.45) is 0. The normalized spacial score (nSPS) is 9.72. The lowest BCUT2D eigenvalue weighted by Crippen LogP contribution is -2.11. The van der Waals surface area contributed by atoms with Crippen LogP contribution in [0.15, 0.2) is 12.1 Å². The van der Waals surface area contributed by atoms with Gasteiger partial charge in [-0.2, -0.15) is 0 Å². The summed E-state index contributed by atoms with van der Waals surface area (Å²) in [5.41, 5.74) is 0.821. The second kappa shape index (κ2) is 5.26. The molecule has 0 bridgehead atoms. The molecule has 0 aromatic heterocycles. The Morgan fingerprint density at radius 2 is 1.61 bits per heavy atom. The number of amides is 2. The summed E-state index contributed by atoms with van der Waals surface area (Å²) in [7, 11) is 0. The molecular weight excluding hydrogens is 238 g/mol. The van der Waals surface area contributed by atoms with Gasteiger partial charge in [-0.25, -0.2) is 0 Å². The molecule has 1 rings (SSSR count). The fourth-order valence-electron chi connectivity index (χ4n) is 1.46. The van der Waals surface area contributed by atoms with Crippen LogP contribution in [0.5, 0.6) is 0 Å². The van der Waals surface area contributed by atoms with Gasteiger partial charge in [0.1, 0.15) is 5.69 Å². The first-order valence-electron chi connectivity index (χ1n) is 5.15. The number of nitro benzene ring substituents is 1. The van der Waals surface area contributed by atoms with Crippen molar-refractivity contribution in [1.29, 1.82) is 0 Å². The van der Waals surface area contributed by atoms with Gasteiger partial charge < -0.3 is 10.6 Å². The van der Waals surface area contributed by atoms with Gasteiger partial charge in [0.2, 0.25) is 11.8 Å². The molecule has 1 aromatic rings. The van der Waals surface area contributed by atoms with E-state index in [4.69, 9.17) is 0 Å². The Bertz CT molecular complexity index is 525. The molecule has 18 heavy (non-hydrogen) atoms. The molecule has 0 heterocycles. The zero-order valence-electron chi connectivity index (χ0n) is 10.2. The van der Waals surface area contributed by atoms with Crippen molar-refractivity contribution in [2.45, 2.75) is 20.8 Å². The first-order valence-corrected chi connectivity index (χ1v) is 5.15. The Kier molecular flexibility index (Phi) is 3.98. The van der Waals surface area contributed by atoms with Crippen molar-refractivity contribution in [2.75, 3.05) is 10.6 Å². The fraction of sp³-hybridized carbons (Fsp3) is 0.273. The number of anilines is 2. The molecule has 0 aliphatic carbocycles. The zero-order chi connectivity index (χ0) is 13.9. The number of hydrogen-bond donors (Lipinski definition) is 2. The maximum atomic E-state index is 11.0. The lowest BCUT2D eigenvalue weighted by atomic mass is 10.1. The van der Waals surface area contributed by atoms with Gasteiger partial charge >= 0.3 is 0 Å². The summed E-state index contributed by atoms with van der Waals surface area (Å²) < 4.78 is 0. The molecule has 0 saturated carbocycles. The molecule has 0 unspecified atom stereocenters. The van der Waals surface area contributed by atoms with E-state index < -0.39 is 10.8 Å². The second-order valence-electron chi connectivity index (χ2n) is 3.80. The molecule has 0 aliphatic rings. The van der Waals surface area contributed by atoms with Gasteiger partial charge in [-0.1, -0.05) is 0 Å². The highest BCUT2D eigenvalue weighted by Crippen LogP contribution is 2.31. The van der Waals surface area contributed by atoms with Crippen LogP contribution in [-0.4, -0.2) is 16.7 Å². The molecule has 1 aromatic carbocycles. The molecule has 0 radical (unpaired) electrons. The van der Waals surface area contributed by atoms with Crippen molar-refractivity contribution in [3.05, 3.63) is 27.8 Å². The summed E-state index contributed by atoms with van der Waals surface area (Å²) in [5, 5.41) is 15.8. The van der Waals surface area contributed by atoms with Gasteiger partial charge in [0.15, 0.2) is 0 Å². The molecule has 96 valence electrons. The van der Waals surface area contributed by atoms with Crippen LogP contribution in [0.25, 0.3) is 0 Å². The first kappa shape index (κ1) is 13.6. The zero-order valence-corrected chi connectivity index (χ0v) is 10.2. The van der Waals surface area contributed by atoms with Gasteiger partial charge in [-0.3, -0.25) is 19.7 Å². The average Bonchev–Trinajstić information content (AvgIpc) is 2.19. The van der Waals surface area contributed by atoms with Crippen LogP contribution in [0.2, 0.25) is 0 Å². The number of carbonyl (C=O) groups excluding carboxylic acids is 2. The lowest BCUT2D eigenvalue weighted by Gasteiger charge is -2.10. The number of benzene rings is 1. The smallest absolute Gasteiger partial charge is 0.294 e. The minimum absolute atomic E-state index is 0.110. The molecule has 7 heteroatoms. The molecule has 0 fully saturated rings. The molecule has 0 saturated heterocycles. The van der Waals surface area contributed by atoms with Crippen LogP contribution in [0.3, 0.4) is 0 Å². The highest BCUT2D eigenvalue weighted by atomic mass is 16.6. The SMILES string of the molecule is CC(=O)Nc1cc([N+](=O)[O-])c(NC(C)=O)cc1C. The van der Waals surface area contributed by atoms with Crippen LogP contribution in [-0.2, 0) is 9.59 Å². The quantitative estimate of drug-likeness (QED) is 0.631. The third-order valence-electron chi connectivity index (χ3n) is 2.16. The van der Waals surface area contributed by atoms with Crippen LogP contribution in [0, 0.1) is 17.0 Å². The molecule has 2 amide bonds. The molecule has 0 spiro atoms. The number of nitrogens with one attached hydrogen (secondary N) is 2. The standard InChI is InChI=1S/C11H13N3O4/c1-6-4-10(13-8(3)16)11(14(17)18)5-9(6)12-7(2)15/h4-5H,1-3H3,(H,12,15)(H,13,16). The molecule has 0 aliphatic heterocycles. The van der Waals surface area contributed by atoms with Crippen molar-refractivity contribution in [3.63, 3.8) is 0 Å². The number of aryl methyl sites for hydroxylation is 1. The number of carbonyl (C=O) groups is 2. The van der Waals surface area contributed by atoms with Gasteiger partial charge in [-0.05, 0) is 18.6 Å². The van der Waals surface area contributed by atoms with E-state index in [1.54, 1.807) is 6.92 Å². The fourth-order valence-corrected chi connectivity index (χ4v) is 1.46. The highest BCUT2D eigenvalue weighted by molar-refractivity contribution is 5.94. The Morgan fingerprint density at radius 1 is 1.11 bits per heavy atom. The summed E-state index contributed by atoms with van der Waals surface area (Å²) >= 11 is 0. The maximum Gasteiger partial charge on any atom is 0.294 e. The largest absolute Gasteiger partial charge is 0.326 e. The molecule has 7 nitrogen and oxygen atoms in total. The van der Waals surface area contributed by atoms with E-state index in [9.17, 15) is 19.7 Å². The first-order chi connectivity index (χ1) is 8.31.